The van der Waals surface area contributed by atoms with Gasteiger partial charge in [0.25, 0.3) is 0 Å². The Balaban J connectivity index is -0.000000190. The minimum atomic E-state index is 0.496. The molecular formula is C32H72Ge4. The summed E-state index contributed by atoms with van der Waals surface area (Å²) in [5.41, 5.74) is 0. The molecule has 0 atom stereocenters. The summed E-state index contributed by atoms with van der Waals surface area (Å²) in [6, 6.07) is 0. The van der Waals surface area contributed by atoms with Gasteiger partial charge in [-0.1, -0.05) is 0 Å². The summed E-state index contributed by atoms with van der Waals surface area (Å²) in [5, 5.41) is 12.6. The summed E-state index contributed by atoms with van der Waals surface area (Å²) in [4.78, 5) is 0. The van der Waals surface area contributed by atoms with Crippen LogP contribution in [0.1, 0.15) is 158 Å². The van der Waals surface area contributed by atoms with E-state index in [9.17, 15) is 0 Å². The van der Waals surface area contributed by atoms with Gasteiger partial charge in [0.15, 0.2) is 0 Å². The van der Waals surface area contributed by atoms with Crippen LogP contribution in [0.5, 0.6) is 0 Å². The standard InChI is InChI=1S/4C8H18Ge/c4*1-3-5-7-9-8-6-4-2/h4*3-8H2,1-2H3. The van der Waals surface area contributed by atoms with Gasteiger partial charge in [0.2, 0.25) is 0 Å². The van der Waals surface area contributed by atoms with Crippen molar-refractivity contribution in [1.29, 1.82) is 0 Å². The molecule has 0 fully saturated rings. The first-order chi connectivity index (χ1) is 17.7. The molecule has 0 bridgehead atoms. The number of unbranched alkanes of at least 4 members (excludes halogenated alkanes) is 8. The van der Waals surface area contributed by atoms with Gasteiger partial charge in [-0.15, -0.1) is 0 Å². The molecule has 0 unspecified atom stereocenters. The topological polar surface area (TPSA) is 0 Å². The van der Waals surface area contributed by atoms with Crippen LogP contribution in [0.25, 0.3) is 0 Å². The zero-order valence-electron chi connectivity index (χ0n) is 27.0. The van der Waals surface area contributed by atoms with Crippen LogP contribution in [0, 0.1) is 0 Å². The van der Waals surface area contributed by atoms with Crippen molar-refractivity contribution in [2.75, 3.05) is 0 Å². The summed E-state index contributed by atoms with van der Waals surface area (Å²) in [6.45, 7) is 18.3. The van der Waals surface area contributed by atoms with E-state index in [1.807, 2.05) is 0 Å². The molecule has 36 heavy (non-hydrogen) atoms. The van der Waals surface area contributed by atoms with Crippen molar-refractivity contribution < 1.29 is 0 Å². The molecule has 0 rings (SSSR count). The van der Waals surface area contributed by atoms with Gasteiger partial charge in [0, 0.05) is 0 Å². The van der Waals surface area contributed by atoms with Gasteiger partial charge >= 0.3 is 262 Å². The average Bonchev–Trinajstić information content (AvgIpc) is 2.90. The summed E-state index contributed by atoms with van der Waals surface area (Å²) in [7, 11) is 0. The molecule has 0 aliphatic rings. The second kappa shape index (κ2) is 53.4. The van der Waals surface area contributed by atoms with E-state index in [0.29, 0.717) is 61.7 Å². The Kier molecular flexibility index (Phi) is 67.0. The molecule has 4 heteroatoms. The van der Waals surface area contributed by atoms with Gasteiger partial charge in [-0.3, -0.25) is 0 Å². The SMILES string of the molecule is CCC[CH2][Ge][CH2]CCC.CCC[CH2][Ge][CH2]CCC.CCC[CH2][Ge][CH2]CCC.CCC[CH2][Ge][CH2]CCC. The third kappa shape index (κ3) is 65.3. The van der Waals surface area contributed by atoms with Crippen LogP contribution in [-0.4, -0.2) is 61.7 Å². The Morgan fingerprint density at radius 3 is 0.417 bits per heavy atom. The fraction of sp³-hybridized carbons (Fsp3) is 1.00. The van der Waals surface area contributed by atoms with Gasteiger partial charge in [0.1, 0.15) is 0 Å². The minimum absolute atomic E-state index is 0.496. The van der Waals surface area contributed by atoms with E-state index >= 15 is 0 Å². The molecule has 0 aromatic carbocycles. The molecule has 216 valence electrons. The van der Waals surface area contributed by atoms with E-state index in [1.165, 1.54) is 103 Å². The zero-order valence-corrected chi connectivity index (χ0v) is 35.4. The molecule has 0 amide bonds. The first-order valence-corrected chi connectivity index (χ1v) is 28.4. The Labute approximate surface area is 259 Å². The van der Waals surface area contributed by atoms with E-state index in [0.717, 1.165) is 0 Å². The third-order valence-electron chi connectivity index (χ3n) is 5.66. The van der Waals surface area contributed by atoms with Gasteiger partial charge < -0.3 is 0 Å². The van der Waals surface area contributed by atoms with Crippen molar-refractivity contribution in [3.8, 4) is 0 Å². The molecule has 0 nitrogen and oxygen atoms in total. The normalized spacial score (nSPS) is 10.0. The molecule has 0 spiro atoms. The Hall–Kier alpha value is 2.17. The molecule has 0 heterocycles. The van der Waals surface area contributed by atoms with E-state index in [-0.39, 0.29) is 0 Å². The summed E-state index contributed by atoms with van der Waals surface area (Å²) >= 11 is 1.99. The zero-order chi connectivity index (χ0) is 27.8. The second-order valence-electron chi connectivity index (χ2n) is 9.83. The molecule has 0 N–H and O–H groups in total. The van der Waals surface area contributed by atoms with Crippen molar-refractivity contribution in [3.05, 3.63) is 0 Å². The van der Waals surface area contributed by atoms with Crippen LogP contribution in [0.15, 0.2) is 0 Å². The van der Waals surface area contributed by atoms with Gasteiger partial charge in [0.05, 0.1) is 0 Å². The monoisotopic (exact) mass is 752 g/mol. The average molecular weight is 747 g/mol. The van der Waals surface area contributed by atoms with Gasteiger partial charge in [-0.05, 0) is 0 Å². The van der Waals surface area contributed by atoms with Crippen molar-refractivity contribution in [2.45, 2.75) is 200 Å². The molecule has 0 saturated carbocycles. The van der Waals surface area contributed by atoms with E-state index < -0.39 is 0 Å². The first kappa shape index (κ1) is 45.2. The summed E-state index contributed by atoms with van der Waals surface area (Å²) in [5.74, 6) is 0. The van der Waals surface area contributed by atoms with Crippen LogP contribution < -0.4 is 0 Å². The van der Waals surface area contributed by atoms with E-state index in [1.54, 1.807) is 42.0 Å². The van der Waals surface area contributed by atoms with Crippen molar-refractivity contribution in [3.63, 3.8) is 0 Å². The Morgan fingerprint density at radius 2 is 0.333 bits per heavy atom. The Morgan fingerprint density at radius 1 is 0.222 bits per heavy atom. The van der Waals surface area contributed by atoms with E-state index in [4.69, 9.17) is 0 Å². The maximum absolute atomic E-state index is 2.28. The van der Waals surface area contributed by atoms with Crippen LogP contribution >= 0.6 is 0 Å². The molecule has 0 saturated heterocycles. The van der Waals surface area contributed by atoms with E-state index in [2.05, 4.69) is 55.4 Å². The fourth-order valence-electron chi connectivity index (χ4n) is 2.91. The molecule has 8 radical (unpaired) electrons. The quantitative estimate of drug-likeness (QED) is 0.0681. The molecule has 0 aliphatic carbocycles. The van der Waals surface area contributed by atoms with Crippen LogP contribution in [-0.2, 0) is 0 Å². The van der Waals surface area contributed by atoms with Crippen molar-refractivity contribution >= 4 is 61.7 Å². The summed E-state index contributed by atoms with van der Waals surface area (Å²) < 4.78 is 0. The Bertz CT molecular complexity index is 207. The van der Waals surface area contributed by atoms with Gasteiger partial charge in [-0.25, -0.2) is 0 Å². The molecular weight excluding hydrogens is 675 g/mol. The number of hydrogen-bond acceptors (Lipinski definition) is 0. The first-order valence-electron chi connectivity index (χ1n) is 16.5. The molecule has 0 aromatic rings. The molecule has 0 aromatic heterocycles. The van der Waals surface area contributed by atoms with Crippen molar-refractivity contribution in [2.24, 2.45) is 0 Å². The van der Waals surface area contributed by atoms with Crippen LogP contribution in [0.3, 0.4) is 0 Å². The predicted octanol–water partition coefficient (Wildman–Crippen LogP) is 12.5. The maximum atomic E-state index is 2.28. The molecule has 0 aliphatic heterocycles. The summed E-state index contributed by atoms with van der Waals surface area (Å²) in [6.07, 6.45) is 23.1. The third-order valence-corrected chi connectivity index (χ3v) is 17.5. The fourth-order valence-corrected chi connectivity index (χ4v) is 15.1. The van der Waals surface area contributed by atoms with Crippen LogP contribution in [0.2, 0.25) is 42.0 Å². The van der Waals surface area contributed by atoms with Crippen molar-refractivity contribution in [1.82, 2.24) is 0 Å². The van der Waals surface area contributed by atoms with Gasteiger partial charge in [-0.2, -0.15) is 0 Å². The van der Waals surface area contributed by atoms with Crippen LogP contribution in [0.4, 0.5) is 0 Å². The number of hydrogen-bond donors (Lipinski definition) is 0. The second-order valence-corrected chi connectivity index (χ2v) is 22.4. The predicted molar refractivity (Wildman–Crippen MR) is 181 cm³/mol. The number of rotatable bonds is 24.